The van der Waals surface area contributed by atoms with E-state index >= 15 is 0 Å². The Morgan fingerprint density at radius 2 is 1.17 bits per heavy atom. The lowest BCUT2D eigenvalue weighted by molar-refractivity contribution is 0.319. The van der Waals surface area contributed by atoms with Crippen molar-refractivity contribution in [3.8, 4) is 0 Å². The predicted molar refractivity (Wildman–Crippen MR) is 94.5 cm³/mol. The number of nitrogens with zero attached hydrogens (tertiary/aromatic N) is 4. The van der Waals surface area contributed by atoms with Crippen LogP contribution in [0.4, 0.5) is 0 Å². The summed E-state index contributed by atoms with van der Waals surface area (Å²) in [5.74, 6) is 0. The lowest BCUT2D eigenvalue weighted by Crippen LogP contribution is -2.02. The molecule has 2 aromatic heterocycles. The fraction of sp³-hybridized carbons (Fsp3) is 0.222. The Labute approximate surface area is 139 Å². The Morgan fingerprint density at radius 1 is 0.750 bits per heavy atom. The van der Waals surface area contributed by atoms with Crippen LogP contribution in [0.1, 0.15) is 36.4 Å². The maximum absolute atomic E-state index is 9.02. The van der Waals surface area contributed by atoms with E-state index in [-0.39, 0.29) is 0 Å². The topological polar surface area (TPSA) is 91.0 Å². The van der Waals surface area contributed by atoms with E-state index in [0.29, 0.717) is 11.4 Å². The van der Waals surface area contributed by atoms with Crippen LogP contribution in [0, 0.1) is 13.8 Å². The summed E-state index contributed by atoms with van der Waals surface area (Å²) in [6.07, 6.45) is 0. The van der Waals surface area contributed by atoms with Gasteiger partial charge in [-0.2, -0.15) is 0 Å². The van der Waals surface area contributed by atoms with Gasteiger partial charge in [0.25, 0.3) is 0 Å². The summed E-state index contributed by atoms with van der Waals surface area (Å²) in [5, 5.41) is 26.5. The average molecular weight is 322 g/mol. The van der Waals surface area contributed by atoms with E-state index in [4.69, 9.17) is 10.4 Å². The SMILES string of the molecule is CC(=NO)c1cc2cc3cc(/C(C)=N/O)c(C)nc3cc2nc1C. The minimum absolute atomic E-state index is 0.521. The summed E-state index contributed by atoms with van der Waals surface area (Å²) in [6, 6.07) is 7.85. The zero-order chi connectivity index (χ0) is 17.4. The van der Waals surface area contributed by atoms with Gasteiger partial charge in [0.2, 0.25) is 0 Å². The van der Waals surface area contributed by atoms with Crippen LogP contribution >= 0.6 is 0 Å². The number of aromatic nitrogens is 2. The smallest absolute Gasteiger partial charge is 0.0855 e. The van der Waals surface area contributed by atoms with E-state index < -0.39 is 0 Å². The third-order valence-electron chi connectivity index (χ3n) is 4.21. The molecule has 0 atom stereocenters. The molecular weight excluding hydrogens is 304 g/mol. The molecule has 0 unspecified atom stereocenters. The van der Waals surface area contributed by atoms with Crippen molar-refractivity contribution in [2.45, 2.75) is 27.7 Å². The summed E-state index contributed by atoms with van der Waals surface area (Å²) in [5.41, 5.74) is 5.92. The van der Waals surface area contributed by atoms with E-state index in [2.05, 4.69) is 20.3 Å². The number of benzene rings is 1. The van der Waals surface area contributed by atoms with Crippen molar-refractivity contribution < 1.29 is 10.4 Å². The second kappa shape index (κ2) is 5.88. The van der Waals surface area contributed by atoms with Crippen LogP contribution in [0.15, 0.2) is 34.6 Å². The molecule has 0 fully saturated rings. The van der Waals surface area contributed by atoms with Crippen molar-refractivity contribution in [2.75, 3.05) is 0 Å². The van der Waals surface area contributed by atoms with Gasteiger partial charge >= 0.3 is 0 Å². The molecule has 0 saturated heterocycles. The van der Waals surface area contributed by atoms with Gasteiger partial charge in [-0.25, -0.2) is 0 Å². The van der Waals surface area contributed by atoms with Gasteiger partial charge in [0, 0.05) is 33.3 Å². The molecule has 122 valence electrons. The van der Waals surface area contributed by atoms with Gasteiger partial charge in [0.05, 0.1) is 22.5 Å². The van der Waals surface area contributed by atoms with Gasteiger partial charge < -0.3 is 10.4 Å². The Bertz CT molecular complexity index is 944. The predicted octanol–water partition coefficient (Wildman–Crippen LogP) is 3.80. The third kappa shape index (κ3) is 2.56. The molecular formula is C18H18N4O2. The fourth-order valence-electron chi connectivity index (χ4n) is 2.88. The van der Waals surface area contributed by atoms with E-state index in [9.17, 15) is 0 Å². The second-order valence-electron chi connectivity index (χ2n) is 5.85. The highest BCUT2D eigenvalue weighted by atomic mass is 16.4. The summed E-state index contributed by atoms with van der Waals surface area (Å²) in [4.78, 5) is 9.20. The molecule has 0 aliphatic heterocycles. The molecule has 0 amide bonds. The minimum Gasteiger partial charge on any atom is -0.411 e. The summed E-state index contributed by atoms with van der Waals surface area (Å²) >= 11 is 0. The van der Waals surface area contributed by atoms with Crippen molar-refractivity contribution in [1.82, 2.24) is 9.97 Å². The van der Waals surface area contributed by atoms with Gasteiger partial charge in [0.1, 0.15) is 0 Å². The van der Waals surface area contributed by atoms with Crippen LogP contribution in [-0.4, -0.2) is 31.8 Å². The van der Waals surface area contributed by atoms with Crippen molar-refractivity contribution >= 4 is 33.2 Å². The molecule has 0 bridgehead atoms. The monoisotopic (exact) mass is 322 g/mol. The lowest BCUT2D eigenvalue weighted by atomic mass is 10.0. The number of hydrogen-bond donors (Lipinski definition) is 2. The maximum Gasteiger partial charge on any atom is 0.0855 e. The Hall–Kier alpha value is -3.02. The molecule has 2 heterocycles. The van der Waals surface area contributed by atoms with Crippen molar-refractivity contribution in [3.63, 3.8) is 0 Å². The standard InChI is InChI=1S/C18H18N4O2/c1-9-15(11(3)21-23)6-13-5-14-7-16(12(4)22-24)10(2)20-18(14)8-17(13)19-9/h5-8,23-24H,1-4H3/b21-11+,22-12?. The fourth-order valence-corrected chi connectivity index (χ4v) is 2.88. The maximum atomic E-state index is 9.02. The molecule has 6 heteroatoms. The number of aryl methyl sites for hydroxylation is 2. The van der Waals surface area contributed by atoms with Crippen molar-refractivity contribution in [3.05, 3.63) is 46.8 Å². The van der Waals surface area contributed by atoms with Crippen LogP contribution < -0.4 is 0 Å². The Balaban J connectivity index is 2.32. The number of fused-ring (bicyclic) bond motifs is 2. The first kappa shape index (κ1) is 15.9. The number of oxime groups is 2. The van der Waals surface area contributed by atoms with Crippen LogP contribution in [0.2, 0.25) is 0 Å². The highest BCUT2D eigenvalue weighted by molar-refractivity contribution is 6.06. The zero-order valence-electron chi connectivity index (χ0n) is 14.0. The Morgan fingerprint density at radius 3 is 1.54 bits per heavy atom. The lowest BCUT2D eigenvalue weighted by Gasteiger charge is -2.10. The van der Waals surface area contributed by atoms with E-state index in [1.54, 1.807) is 13.8 Å². The van der Waals surface area contributed by atoms with Crippen molar-refractivity contribution in [2.24, 2.45) is 10.3 Å². The van der Waals surface area contributed by atoms with E-state index in [0.717, 1.165) is 44.3 Å². The van der Waals surface area contributed by atoms with Crippen LogP contribution in [0.3, 0.4) is 0 Å². The molecule has 1 aromatic carbocycles. The Kier molecular flexibility index (Phi) is 3.89. The number of hydrogen-bond acceptors (Lipinski definition) is 6. The largest absolute Gasteiger partial charge is 0.411 e. The highest BCUT2D eigenvalue weighted by Crippen LogP contribution is 2.25. The summed E-state index contributed by atoms with van der Waals surface area (Å²) in [6.45, 7) is 7.25. The molecule has 0 saturated carbocycles. The van der Waals surface area contributed by atoms with Gasteiger partial charge in [-0.05, 0) is 52.0 Å². The number of pyridine rings is 2. The van der Waals surface area contributed by atoms with Crippen LogP contribution in [-0.2, 0) is 0 Å². The molecule has 0 radical (unpaired) electrons. The minimum atomic E-state index is 0.521. The van der Waals surface area contributed by atoms with Crippen LogP contribution in [0.5, 0.6) is 0 Å². The first-order chi connectivity index (χ1) is 11.4. The van der Waals surface area contributed by atoms with Crippen LogP contribution in [0.25, 0.3) is 21.8 Å². The summed E-state index contributed by atoms with van der Waals surface area (Å²) < 4.78 is 0. The van der Waals surface area contributed by atoms with Gasteiger partial charge in [-0.3, -0.25) is 9.97 Å². The molecule has 3 aromatic rings. The van der Waals surface area contributed by atoms with E-state index in [1.165, 1.54) is 0 Å². The van der Waals surface area contributed by atoms with Gasteiger partial charge in [-0.15, -0.1) is 0 Å². The molecule has 6 nitrogen and oxygen atoms in total. The third-order valence-corrected chi connectivity index (χ3v) is 4.21. The molecule has 0 aliphatic carbocycles. The van der Waals surface area contributed by atoms with E-state index in [1.807, 2.05) is 38.1 Å². The number of rotatable bonds is 2. The van der Waals surface area contributed by atoms with Crippen molar-refractivity contribution in [1.29, 1.82) is 0 Å². The van der Waals surface area contributed by atoms with Gasteiger partial charge in [0.15, 0.2) is 0 Å². The molecule has 3 rings (SSSR count). The second-order valence-corrected chi connectivity index (χ2v) is 5.85. The van der Waals surface area contributed by atoms with Gasteiger partial charge in [-0.1, -0.05) is 10.3 Å². The highest BCUT2D eigenvalue weighted by Gasteiger charge is 2.11. The normalized spacial score (nSPS) is 13.0. The first-order valence-corrected chi connectivity index (χ1v) is 7.55. The molecule has 0 spiro atoms. The zero-order valence-corrected chi connectivity index (χ0v) is 14.0. The molecule has 2 N–H and O–H groups in total. The average Bonchev–Trinajstić information content (AvgIpc) is 2.57. The first-order valence-electron chi connectivity index (χ1n) is 7.55. The summed E-state index contributed by atoms with van der Waals surface area (Å²) in [7, 11) is 0. The molecule has 0 aliphatic rings. The quantitative estimate of drug-likeness (QED) is 0.325. The molecule has 24 heavy (non-hydrogen) atoms.